The molecule has 0 radical (unpaired) electrons. The van der Waals surface area contributed by atoms with Crippen molar-refractivity contribution < 1.29 is 18.8 Å². The molecule has 0 saturated heterocycles. The van der Waals surface area contributed by atoms with E-state index in [1.807, 2.05) is 74.5 Å². The van der Waals surface area contributed by atoms with Gasteiger partial charge in [-0.25, -0.2) is 4.79 Å². The van der Waals surface area contributed by atoms with Crippen LogP contribution in [0, 0.1) is 6.92 Å². The molecule has 0 aliphatic carbocycles. The zero-order valence-corrected chi connectivity index (χ0v) is 21.2. The minimum Gasteiger partial charge on any atom is -0.493 e. The van der Waals surface area contributed by atoms with Crippen LogP contribution in [0.15, 0.2) is 83.0 Å². The number of hydrogen-bond acceptors (Lipinski definition) is 6. The summed E-state index contributed by atoms with van der Waals surface area (Å²) in [5.74, 6) is 1.92. The molecule has 2 heterocycles. The predicted molar refractivity (Wildman–Crippen MR) is 140 cm³/mol. The van der Waals surface area contributed by atoms with E-state index >= 15 is 0 Å². The lowest BCUT2D eigenvalue weighted by atomic mass is 9.94. The van der Waals surface area contributed by atoms with Crippen molar-refractivity contribution >= 4 is 11.6 Å². The number of nitrogens with one attached hydrogen (secondary N) is 1. The van der Waals surface area contributed by atoms with Gasteiger partial charge in [-0.05, 0) is 43.2 Å². The predicted octanol–water partition coefficient (Wildman–Crippen LogP) is 5.76. The summed E-state index contributed by atoms with van der Waals surface area (Å²) in [5.41, 5.74) is 5.33. The highest BCUT2D eigenvalue weighted by Crippen LogP contribution is 2.38. The smallest absolute Gasteiger partial charge is 0.322 e. The number of carbonyl (C=O) groups excluding carboxylic acids is 1. The third-order valence-electron chi connectivity index (χ3n) is 6.49. The van der Waals surface area contributed by atoms with Crippen LogP contribution in [0.2, 0.25) is 0 Å². The molecule has 2 amide bonds. The highest BCUT2D eigenvalue weighted by atomic mass is 16.5. The van der Waals surface area contributed by atoms with Crippen molar-refractivity contribution in [1.29, 1.82) is 0 Å². The van der Waals surface area contributed by atoms with Crippen molar-refractivity contribution in [2.75, 3.05) is 14.2 Å². The summed E-state index contributed by atoms with van der Waals surface area (Å²) in [4.78, 5) is 19.7. The summed E-state index contributed by atoms with van der Waals surface area (Å²) < 4.78 is 16.6. The van der Waals surface area contributed by atoms with E-state index in [0.717, 1.165) is 33.5 Å². The molecule has 1 aliphatic heterocycles. The van der Waals surface area contributed by atoms with Crippen molar-refractivity contribution in [2.24, 2.45) is 0 Å². The largest absolute Gasteiger partial charge is 0.493 e. The lowest BCUT2D eigenvalue weighted by Gasteiger charge is -2.35. The second-order valence-corrected chi connectivity index (χ2v) is 8.86. The molecule has 4 aromatic rings. The lowest BCUT2D eigenvalue weighted by Crippen LogP contribution is -2.45. The van der Waals surface area contributed by atoms with Crippen molar-refractivity contribution in [2.45, 2.75) is 26.4 Å². The van der Waals surface area contributed by atoms with E-state index in [9.17, 15) is 4.79 Å². The van der Waals surface area contributed by atoms with Crippen molar-refractivity contribution in [3.05, 3.63) is 101 Å². The SMILES string of the molecule is COc1ccc(-c2noc(C3=C(C)N(Cc4ccc(C)cc4)C(=O)NC3c3ccccc3)n2)cc1OC. The fourth-order valence-corrected chi connectivity index (χ4v) is 4.45. The quantitative estimate of drug-likeness (QED) is 0.350. The molecule has 3 aromatic carbocycles. The van der Waals surface area contributed by atoms with E-state index in [0.29, 0.717) is 29.8 Å². The van der Waals surface area contributed by atoms with Gasteiger partial charge in [0.25, 0.3) is 5.89 Å². The standard InChI is InChI=1S/C29H28N4O4/c1-18-10-12-20(13-11-18)17-33-19(2)25(26(30-29(33)34)21-8-6-5-7-9-21)28-31-27(32-37-28)22-14-15-23(35-3)24(16-22)36-4/h5-16,26H,17H2,1-4H3,(H,30,34). The van der Waals surface area contributed by atoms with Crippen LogP contribution >= 0.6 is 0 Å². The van der Waals surface area contributed by atoms with Gasteiger partial charge in [0, 0.05) is 11.3 Å². The van der Waals surface area contributed by atoms with Crippen LogP contribution in [0.5, 0.6) is 11.5 Å². The van der Waals surface area contributed by atoms with Gasteiger partial charge in [-0.1, -0.05) is 65.3 Å². The van der Waals surface area contributed by atoms with Crippen LogP contribution in [-0.4, -0.2) is 35.3 Å². The molecule has 8 heteroatoms. The minimum absolute atomic E-state index is 0.185. The molecule has 1 aliphatic rings. The molecule has 5 rings (SSSR count). The Labute approximate surface area is 215 Å². The van der Waals surface area contributed by atoms with Crippen LogP contribution < -0.4 is 14.8 Å². The maximum Gasteiger partial charge on any atom is 0.322 e. The fraction of sp³-hybridized carbons (Fsp3) is 0.207. The van der Waals surface area contributed by atoms with E-state index in [4.69, 9.17) is 19.0 Å². The summed E-state index contributed by atoms with van der Waals surface area (Å²) in [6, 6.07) is 22.7. The van der Waals surface area contributed by atoms with Gasteiger partial charge in [-0.2, -0.15) is 4.98 Å². The first-order valence-electron chi connectivity index (χ1n) is 11.9. The Balaban J connectivity index is 1.57. The van der Waals surface area contributed by atoms with Gasteiger partial charge in [0.15, 0.2) is 11.5 Å². The van der Waals surface area contributed by atoms with Crippen LogP contribution in [-0.2, 0) is 6.54 Å². The van der Waals surface area contributed by atoms with Crippen LogP contribution in [0.25, 0.3) is 17.0 Å². The molecule has 8 nitrogen and oxygen atoms in total. The van der Waals surface area contributed by atoms with E-state index in [1.54, 1.807) is 31.3 Å². The normalized spacial score (nSPS) is 15.5. The number of urea groups is 1. The Hall–Kier alpha value is -4.59. The van der Waals surface area contributed by atoms with Crippen LogP contribution in [0.4, 0.5) is 4.79 Å². The zero-order chi connectivity index (χ0) is 25.9. The summed E-state index contributed by atoms with van der Waals surface area (Å²) in [5, 5.41) is 7.39. The molecule has 0 bridgehead atoms. The van der Waals surface area contributed by atoms with E-state index < -0.39 is 6.04 Å². The molecule has 1 N–H and O–H groups in total. The highest BCUT2D eigenvalue weighted by Gasteiger charge is 2.35. The lowest BCUT2D eigenvalue weighted by molar-refractivity contribution is 0.203. The van der Waals surface area contributed by atoms with Gasteiger partial charge in [0.05, 0.1) is 32.4 Å². The van der Waals surface area contributed by atoms with Crippen molar-refractivity contribution in [3.8, 4) is 22.9 Å². The van der Waals surface area contributed by atoms with Gasteiger partial charge in [0.1, 0.15) is 0 Å². The number of rotatable bonds is 7. The summed E-state index contributed by atoms with van der Waals surface area (Å²) >= 11 is 0. The van der Waals surface area contributed by atoms with E-state index in [1.165, 1.54) is 0 Å². The Kier molecular flexibility index (Phi) is 6.64. The number of ether oxygens (including phenoxy) is 2. The summed E-state index contributed by atoms with van der Waals surface area (Å²) in [6.07, 6.45) is 0. The summed E-state index contributed by atoms with van der Waals surface area (Å²) in [7, 11) is 3.16. The maximum atomic E-state index is 13.3. The number of nitrogens with zero attached hydrogens (tertiary/aromatic N) is 3. The van der Waals surface area contributed by atoms with Gasteiger partial charge in [0.2, 0.25) is 5.82 Å². The Morgan fingerprint density at radius 3 is 2.38 bits per heavy atom. The number of amides is 2. The second kappa shape index (κ2) is 10.2. The summed E-state index contributed by atoms with van der Waals surface area (Å²) in [6.45, 7) is 4.37. The zero-order valence-electron chi connectivity index (χ0n) is 21.2. The molecule has 0 fully saturated rings. The second-order valence-electron chi connectivity index (χ2n) is 8.86. The number of methoxy groups -OCH3 is 2. The molecule has 1 atom stereocenters. The number of aryl methyl sites for hydroxylation is 1. The average Bonchev–Trinajstić information content (AvgIpc) is 3.41. The Bertz CT molecular complexity index is 1440. The van der Waals surface area contributed by atoms with Gasteiger partial charge < -0.3 is 19.3 Å². The Morgan fingerprint density at radius 2 is 1.68 bits per heavy atom. The van der Waals surface area contributed by atoms with Crippen LogP contribution in [0.1, 0.15) is 35.5 Å². The molecule has 37 heavy (non-hydrogen) atoms. The van der Waals surface area contributed by atoms with Crippen molar-refractivity contribution in [1.82, 2.24) is 20.4 Å². The molecular formula is C29H28N4O4. The first-order valence-corrected chi connectivity index (χ1v) is 11.9. The first kappa shape index (κ1) is 24.1. The third-order valence-corrected chi connectivity index (χ3v) is 6.49. The average molecular weight is 497 g/mol. The molecule has 1 aromatic heterocycles. The van der Waals surface area contributed by atoms with Gasteiger partial charge >= 0.3 is 6.03 Å². The van der Waals surface area contributed by atoms with E-state index in [-0.39, 0.29) is 6.03 Å². The topological polar surface area (TPSA) is 89.7 Å². The molecule has 0 saturated carbocycles. The number of hydrogen-bond donors (Lipinski definition) is 1. The molecule has 188 valence electrons. The van der Waals surface area contributed by atoms with Crippen molar-refractivity contribution in [3.63, 3.8) is 0 Å². The number of carbonyl (C=O) groups is 1. The monoisotopic (exact) mass is 496 g/mol. The highest BCUT2D eigenvalue weighted by molar-refractivity contribution is 5.87. The number of benzene rings is 3. The first-order chi connectivity index (χ1) is 18.0. The van der Waals surface area contributed by atoms with E-state index in [2.05, 4.69) is 10.5 Å². The molecule has 0 spiro atoms. The maximum absolute atomic E-state index is 13.3. The molecule has 1 unspecified atom stereocenters. The minimum atomic E-state index is -0.443. The fourth-order valence-electron chi connectivity index (χ4n) is 4.45. The third kappa shape index (κ3) is 4.78. The van der Waals surface area contributed by atoms with Gasteiger partial charge in [-0.15, -0.1) is 0 Å². The molecular weight excluding hydrogens is 468 g/mol. The van der Waals surface area contributed by atoms with Crippen LogP contribution in [0.3, 0.4) is 0 Å². The number of aromatic nitrogens is 2. The number of allylic oxidation sites excluding steroid dienone is 1. The van der Waals surface area contributed by atoms with Gasteiger partial charge in [-0.3, -0.25) is 4.90 Å². The Morgan fingerprint density at radius 1 is 0.946 bits per heavy atom.